The maximum atomic E-state index is 13.4. The van der Waals surface area contributed by atoms with Gasteiger partial charge in [-0.3, -0.25) is 9.59 Å². The van der Waals surface area contributed by atoms with Crippen LogP contribution in [0.5, 0.6) is 0 Å². The summed E-state index contributed by atoms with van der Waals surface area (Å²) in [5, 5.41) is 23.1. The first kappa shape index (κ1) is 21.2. The quantitative estimate of drug-likeness (QED) is 0.673. The molecule has 3 N–H and O–H groups in total. The molecule has 0 aliphatic carbocycles. The molecule has 0 saturated carbocycles. The van der Waals surface area contributed by atoms with Gasteiger partial charge in [0.05, 0.1) is 17.8 Å². The molecule has 146 valence electrons. The van der Waals surface area contributed by atoms with Gasteiger partial charge in [0.2, 0.25) is 5.60 Å². The lowest BCUT2D eigenvalue weighted by molar-refractivity contribution is -0.264. The molecular formula is C18H13ClF3N3O3. The highest BCUT2D eigenvalue weighted by atomic mass is 35.5. The third kappa shape index (κ3) is 4.60. The predicted molar refractivity (Wildman–Crippen MR) is 94.2 cm³/mol. The number of amides is 2. The zero-order valence-electron chi connectivity index (χ0n) is 14.0. The van der Waals surface area contributed by atoms with Gasteiger partial charge in [-0.2, -0.15) is 18.4 Å². The second kappa shape index (κ2) is 8.29. The summed E-state index contributed by atoms with van der Waals surface area (Å²) in [7, 11) is 0. The molecule has 1 atom stereocenters. The molecule has 0 saturated heterocycles. The van der Waals surface area contributed by atoms with E-state index in [0.717, 1.165) is 12.1 Å². The molecule has 0 aliphatic rings. The molecule has 6 nitrogen and oxygen atoms in total. The summed E-state index contributed by atoms with van der Waals surface area (Å²) in [6.07, 6.45) is -5.11. The number of alkyl halides is 3. The van der Waals surface area contributed by atoms with Crippen LogP contribution in [0.25, 0.3) is 0 Å². The van der Waals surface area contributed by atoms with Crippen LogP contribution in [0.4, 0.5) is 18.9 Å². The Morgan fingerprint density at radius 1 is 1.11 bits per heavy atom. The summed E-state index contributed by atoms with van der Waals surface area (Å²) in [5.74, 6) is -2.75. The molecule has 0 aromatic heterocycles. The molecule has 0 bridgehead atoms. The van der Waals surface area contributed by atoms with E-state index in [0.29, 0.717) is 0 Å². The van der Waals surface area contributed by atoms with Crippen LogP contribution in [0.3, 0.4) is 0 Å². The summed E-state index contributed by atoms with van der Waals surface area (Å²) in [5.41, 5.74) is -3.96. The van der Waals surface area contributed by atoms with E-state index >= 15 is 0 Å². The third-order valence-corrected chi connectivity index (χ3v) is 4.02. The summed E-state index contributed by atoms with van der Waals surface area (Å²) in [6.45, 7) is -1.28. The summed E-state index contributed by atoms with van der Waals surface area (Å²) < 4.78 is 40.1. The van der Waals surface area contributed by atoms with Crippen LogP contribution >= 0.6 is 11.6 Å². The lowest BCUT2D eigenvalue weighted by Crippen LogP contribution is -2.52. The number of rotatable bonds is 4. The van der Waals surface area contributed by atoms with Gasteiger partial charge in [-0.15, -0.1) is 0 Å². The molecule has 2 aromatic rings. The largest absolute Gasteiger partial charge is 0.423 e. The highest BCUT2D eigenvalue weighted by Gasteiger charge is 2.55. The molecule has 2 aromatic carbocycles. The molecule has 1 unspecified atom stereocenters. The van der Waals surface area contributed by atoms with Gasteiger partial charge in [0, 0.05) is 5.02 Å². The minimum Gasteiger partial charge on any atom is -0.375 e. The number of benzene rings is 2. The number of hydrogen-bond donors (Lipinski definition) is 3. The number of hydrogen-bond acceptors (Lipinski definition) is 4. The van der Waals surface area contributed by atoms with Gasteiger partial charge in [-0.25, -0.2) is 0 Å². The van der Waals surface area contributed by atoms with Crippen molar-refractivity contribution in [2.75, 3.05) is 11.9 Å². The number of carbonyl (C=O) groups is 2. The van der Waals surface area contributed by atoms with Crippen molar-refractivity contribution in [1.82, 2.24) is 5.32 Å². The van der Waals surface area contributed by atoms with Gasteiger partial charge in [-0.05, 0) is 23.8 Å². The van der Waals surface area contributed by atoms with E-state index in [1.807, 2.05) is 0 Å². The number of carbonyl (C=O) groups excluding carboxylic acids is 2. The Morgan fingerprint density at radius 3 is 2.32 bits per heavy atom. The molecule has 0 fully saturated rings. The van der Waals surface area contributed by atoms with Gasteiger partial charge in [0.15, 0.2) is 0 Å². The predicted octanol–water partition coefficient (Wildman–Crippen LogP) is 2.72. The Hall–Kier alpha value is -3.09. The Kier molecular flexibility index (Phi) is 6.28. The smallest absolute Gasteiger partial charge is 0.375 e. The molecule has 2 amide bonds. The number of nitrogens with zero attached hydrogens (tertiary/aromatic N) is 1. The van der Waals surface area contributed by atoms with Crippen molar-refractivity contribution in [2.45, 2.75) is 11.8 Å². The number of anilines is 1. The third-order valence-electron chi connectivity index (χ3n) is 3.78. The second-order valence-corrected chi connectivity index (χ2v) is 6.10. The van der Waals surface area contributed by atoms with Gasteiger partial charge in [-0.1, -0.05) is 41.9 Å². The van der Waals surface area contributed by atoms with Crippen molar-refractivity contribution in [3.63, 3.8) is 0 Å². The molecular weight excluding hydrogens is 399 g/mol. The van der Waals surface area contributed by atoms with Crippen molar-refractivity contribution in [2.24, 2.45) is 0 Å². The van der Waals surface area contributed by atoms with E-state index in [2.05, 4.69) is 5.32 Å². The van der Waals surface area contributed by atoms with E-state index in [4.69, 9.17) is 16.9 Å². The van der Waals surface area contributed by atoms with Crippen LogP contribution in [0.2, 0.25) is 5.02 Å². The minimum absolute atomic E-state index is 0.00151. The zero-order valence-corrected chi connectivity index (χ0v) is 14.8. The number of nitrogens with one attached hydrogen (secondary N) is 2. The average Bonchev–Trinajstić information content (AvgIpc) is 2.65. The average molecular weight is 412 g/mol. The molecule has 28 heavy (non-hydrogen) atoms. The van der Waals surface area contributed by atoms with Crippen LogP contribution in [-0.2, 0) is 15.2 Å². The molecule has 10 heteroatoms. The van der Waals surface area contributed by atoms with Crippen molar-refractivity contribution >= 4 is 29.1 Å². The van der Waals surface area contributed by atoms with E-state index < -0.39 is 35.7 Å². The van der Waals surface area contributed by atoms with Gasteiger partial charge in [0.25, 0.3) is 0 Å². The lowest BCUT2D eigenvalue weighted by atomic mass is 9.93. The standard InChI is InChI=1S/C18H13ClF3N3O3/c19-13-7-6-11(9-23)14(8-13)25-16(27)15(26)24-10-17(28,18(20,21)22)12-4-2-1-3-5-12/h1-8,28H,10H2,(H,24,26)(H,25,27). The second-order valence-electron chi connectivity index (χ2n) is 5.66. The zero-order chi connectivity index (χ0) is 20.9. The topological polar surface area (TPSA) is 102 Å². The van der Waals surface area contributed by atoms with E-state index in [1.165, 1.54) is 36.4 Å². The monoisotopic (exact) mass is 411 g/mol. The molecule has 0 spiro atoms. The molecule has 0 aliphatic heterocycles. The molecule has 0 radical (unpaired) electrons. The fourth-order valence-corrected chi connectivity index (χ4v) is 2.44. The first-order chi connectivity index (χ1) is 13.1. The van der Waals surface area contributed by atoms with Crippen molar-refractivity contribution in [3.05, 3.63) is 64.7 Å². The maximum Gasteiger partial charge on any atom is 0.423 e. The lowest BCUT2D eigenvalue weighted by Gasteiger charge is -2.31. The van der Waals surface area contributed by atoms with Gasteiger partial charge < -0.3 is 15.7 Å². The highest BCUT2D eigenvalue weighted by Crippen LogP contribution is 2.38. The fourth-order valence-electron chi connectivity index (χ4n) is 2.26. The van der Waals surface area contributed by atoms with Crippen molar-refractivity contribution in [1.29, 1.82) is 5.26 Å². The fraction of sp³-hybridized carbons (Fsp3) is 0.167. The van der Waals surface area contributed by atoms with Gasteiger partial charge >= 0.3 is 18.0 Å². The Bertz CT molecular complexity index is 929. The first-order valence-electron chi connectivity index (χ1n) is 7.72. The van der Waals surface area contributed by atoms with Crippen molar-refractivity contribution in [3.8, 4) is 6.07 Å². The van der Waals surface area contributed by atoms with Gasteiger partial charge in [0.1, 0.15) is 6.07 Å². The summed E-state index contributed by atoms with van der Waals surface area (Å²) in [4.78, 5) is 23.9. The number of aliphatic hydroxyl groups is 1. The maximum absolute atomic E-state index is 13.4. The van der Waals surface area contributed by atoms with Crippen LogP contribution in [0.1, 0.15) is 11.1 Å². The Balaban J connectivity index is 2.14. The molecule has 0 heterocycles. The summed E-state index contributed by atoms with van der Waals surface area (Å²) in [6, 6.07) is 11.8. The minimum atomic E-state index is -5.11. The highest BCUT2D eigenvalue weighted by molar-refractivity contribution is 6.40. The van der Waals surface area contributed by atoms with Crippen LogP contribution in [0.15, 0.2) is 48.5 Å². The Morgan fingerprint density at radius 2 is 1.75 bits per heavy atom. The van der Waals surface area contributed by atoms with Crippen molar-refractivity contribution < 1.29 is 27.9 Å². The van der Waals surface area contributed by atoms with Crippen LogP contribution in [0, 0.1) is 11.3 Å². The van der Waals surface area contributed by atoms with E-state index in [9.17, 15) is 27.9 Å². The number of halogens is 4. The summed E-state index contributed by atoms with van der Waals surface area (Å²) >= 11 is 5.76. The SMILES string of the molecule is N#Cc1ccc(Cl)cc1NC(=O)C(=O)NCC(O)(c1ccccc1)C(F)(F)F. The number of nitriles is 1. The van der Waals surface area contributed by atoms with E-state index in [1.54, 1.807) is 11.4 Å². The van der Waals surface area contributed by atoms with Crippen LogP contribution < -0.4 is 10.6 Å². The normalized spacial score (nSPS) is 13.1. The molecule has 2 rings (SSSR count). The van der Waals surface area contributed by atoms with E-state index in [-0.39, 0.29) is 16.3 Å². The Labute approximate surface area is 162 Å². The van der Waals surface area contributed by atoms with Crippen LogP contribution in [-0.4, -0.2) is 29.6 Å². The first-order valence-corrected chi connectivity index (χ1v) is 8.10.